The first-order valence-electron chi connectivity index (χ1n) is 6.67. The molecule has 0 unspecified atom stereocenters. The van der Waals surface area contributed by atoms with Gasteiger partial charge in [-0.05, 0) is 42.0 Å². The molecule has 2 aromatic carbocycles. The number of H-pyrrole nitrogens is 2. The summed E-state index contributed by atoms with van der Waals surface area (Å²) in [6, 6.07) is 9.18. The van der Waals surface area contributed by atoms with Gasteiger partial charge >= 0.3 is 5.69 Å². The minimum Gasteiger partial charge on any atom is -0.322 e. The Kier molecular flexibility index (Phi) is 3.99. The molecule has 0 aliphatic carbocycles. The molecule has 3 rings (SSSR count). The molecule has 7 heteroatoms. The van der Waals surface area contributed by atoms with Gasteiger partial charge in [0.2, 0.25) is 5.91 Å². The van der Waals surface area contributed by atoms with Crippen molar-refractivity contribution >= 4 is 40.3 Å². The smallest absolute Gasteiger partial charge is 0.322 e. The number of fused-ring (bicyclic) bond motifs is 1. The Morgan fingerprint density at radius 3 is 2.70 bits per heavy atom. The van der Waals surface area contributed by atoms with Gasteiger partial charge in [0.05, 0.1) is 16.1 Å². The zero-order chi connectivity index (χ0) is 16.4. The van der Waals surface area contributed by atoms with Crippen molar-refractivity contribution in [3.63, 3.8) is 0 Å². The number of benzene rings is 2. The van der Waals surface area contributed by atoms with Crippen molar-refractivity contribution in [2.24, 2.45) is 0 Å². The van der Waals surface area contributed by atoms with Gasteiger partial charge in [0.25, 0.3) is 0 Å². The molecule has 0 spiro atoms. The molecule has 0 atom stereocenters. The van der Waals surface area contributed by atoms with Crippen molar-refractivity contribution in [3.05, 3.63) is 69.4 Å². The molecule has 0 aliphatic heterocycles. The van der Waals surface area contributed by atoms with E-state index in [2.05, 4.69) is 15.3 Å². The number of anilines is 1. The molecule has 3 N–H and O–H groups in total. The van der Waals surface area contributed by atoms with Crippen LogP contribution in [0.1, 0.15) is 5.56 Å². The zero-order valence-electron chi connectivity index (χ0n) is 11.7. The van der Waals surface area contributed by atoms with Crippen LogP contribution in [0.4, 0.5) is 10.1 Å². The number of nitrogens with one attached hydrogen (secondary N) is 3. The summed E-state index contributed by atoms with van der Waals surface area (Å²) in [4.78, 5) is 28.3. The van der Waals surface area contributed by atoms with Gasteiger partial charge < -0.3 is 15.3 Å². The predicted molar refractivity (Wildman–Crippen MR) is 88.0 cm³/mol. The van der Waals surface area contributed by atoms with Crippen LogP contribution in [0.15, 0.2) is 47.3 Å². The molecule has 0 aliphatic rings. The maximum atomic E-state index is 13.1. The van der Waals surface area contributed by atoms with E-state index in [0.717, 1.165) is 0 Å². The molecule has 116 valence electrons. The Balaban J connectivity index is 1.73. The zero-order valence-corrected chi connectivity index (χ0v) is 12.4. The highest BCUT2D eigenvalue weighted by Crippen LogP contribution is 2.17. The average Bonchev–Trinajstić information content (AvgIpc) is 2.88. The molecule has 0 fully saturated rings. The number of imidazole rings is 1. The van der Waals surface area contributed by atoms with E-state index < -0.39 is 5.82 Å². The monoisotopic (exact) mass is 331 g/mol. The Labute approximate surface area is 134 Å². The van der Waals surface area contributed by atoms with Gasteiger partial charge in [-0.15, -0.1) is 0 Å². The van der Waals surface area contributed by atoms with Gasteiger partial charge in [0, 0.05) is 11.8 Å². The first-order chi connectivity index (χ1) is 11.0. The molecule has 0 radical (unpaired) electrons. The highest BCUT2D eigenvalue weighted by atomic mass is 35.5. The van der Waals surface area contributed by atoms with Gasteiger partial charge in [-0.2, -0.15) is 0 Å². The number of hydrogen-bond donors (Lipinski definition) is 3. The van der Waals surface area contributed by atoms with Gasteiger partial charge in [-0.25, -0.2) is 9.18 Å². The molecule has 1 heterocycles. The second kappa shape index (κ2) is 6.10. The molecular formula is C16H11ClFN3O2. The van der Waals surface area contributed by atoms with Crippen molar-refractivity contribution in [2.45, 2.75) is 0 Å². The summed E-state index contributed by atoms with van der Waals surface area (Å²) in [7, 11) is 0. The Morgan fingerprint density at radius 2 is 1.91 bits per heavy atom. The maximum absolute atomic E-state index is 13.1. The SMILES string of the molecule is O=C(/C=C/c1ccc(F)c(Cl)c1)Nc1ccc2[nH]c(=O)[nH]c2c1. The normalized spacial score (nSPS) is 11.2. The van der Waals surface area contributed by atoms with E-state index >= 15 is 0 Å². The summed E-state index contributed by atoms with van der Waals surface area (Å²) < 4.78 is 13.1. The van der Waals surface area contributed by atoms with Crippen molar-refractivity contribution < 1.29 is 9.18 Å². The topological polar surface area (TPSA) is 77.8 Å². The van der Waals surface area contributed by atoms with Gasteiger partial charge in [0.15, 0.2) is 0 Å². The quantitative estimate of drug-likeness (QED) is 0.644. The lowest BCUT2D eigenvalue weighted by Gasteiger charge is -2.02. The van der Waals surface area contributed by atoms with Crippen molar-refractivity contribution in [3.8, 4) is 0 Å². The number of halogens is 2. The third-order valence-electron chi connectivity index (χ3n) is 3.15. The second-order valence-electron chi connectivity index (χ2n) is 4.84. The van der Waals surface area contributed by atoms with E-state index in [-0.39, 0.29) is 16.6 Å². The fourth-order valence-electron chi connectivity index (χ4n) is 2.08. The van der Waals surface area contributed by atoms with Crippen molar-refractivity contribution in [1.29, 1.82) is 0 Å². The second-order valence-corrected chi connectivity index (χ2v) is 5.24. The van der Waals surface area contributed by atoms with Gasteiger partial charge in [-0.1, -0.05) is 17.7 Å². The summed E-state index contributed by atoms with van der Waals surface area (Å²) in [5, 5.41) is 2.67. The molecule has 1 aromatic heterocycles. The van der Waals surface area contributed by atoms with Crippen LogP contribution in [-0.4, -0.2) is 15.9 Å². The number of aromatic nitrogens is 2. The van der Waals surface area contributed by atoms with Crippen molar-refractivity contribution in [1.82, 2.24) is 9.97 Å². The standard InChI is InChI=1S/C16H11ClFN3O2/c17-11-7-9(1-4-12(11)18)2-6-15(22)19-10-3-5-13-14(8-10)21-16(23)20-13/h1-8H,(H,19,22)(H2,20,21,23)/b6-2+. The van der Waals surface area contributed by atoms with E-state index in [0.29, 0.717) is 22.3 Å². The summed E-state index contributed by atoms with van der Waals surface area (Å²) in [6.07, 6.45) is 2.84. The number of carbonyl (C=O) groups is 1. The number of rotatable bonds is 3. The van der Waals surface area contributed by atoms with Crippen LogP contribution in [0.3, 0.4) is 0 Å². The number of aromatic amines is 2. The van der Waals surface area contributed by atoms with Crippen LogP contribution < -0.4 is 11.0 Å². The number of hydrogen-bond acceptors (Lipinski definition) is 2. The van der Waals surface area contributed by atoms with E-state index in [1.807, 2.05) is 0 Å². The van der Waals surface area contributed by atoms with Gasteiger partial charge in [0.1, 0.15) is 5.82 Å². The third-order valence-corrected chi connectivity index (χ3v) is 3.44. The summed E-state index contributed by atoms with van der Waals surface area (Å²) in [6.45, 7) is 0. The minimum absolute atomic E-state index is 0.00516. The number of amides is 1. The van der Waals surface area contributed by atoms with Crippen LogP contribution in [0.25, 0.3) is 17.1 Å². The first-order valence-corrected chi connectivity index (χ1v) is 7.05. The van der Waals surface area contributed by atoms with Crippen LogP contribution in [0.2, 0.25) is 5.02 Å². The lowest BCUT2D eigenvalue weighted by molar-refractivity contribution is -0.111. The summed E-state index contributed by atoms with van der Waals surface area (Å²) in [5.74, 6) is -0.871. The minimum atomic E-state index is -0.512. The molecule has 23 heavy (non-hydrogen) atoms. The fourth-order valence-corrected chi connectivity index (χ4v) is 2.27. The highest BCUT2D eigenvalue weighted by molar-refractivity contribution is 6.30. The highest BCUT2D eigenvalue weighted by Gasteiger charge is 2.03. The lowest BCUT2D eigenvalue weighted by atomic mass is 10.2. The van der Waals surface area contributed by atoms with E-state index in [1.54, 1.807) is 18.2 Å². The van der Waals surface area contributed by atoms with Crippen molar-refractivity contribution in [2.75, 3.05) is 5.32 Å². The van der Waals surface area contributed by atoms with E-state index in [9.17, 15) is 14.0 Å². The fraction of sp³-hybridized carbons (Fsp3) is 0. The molecule has 5 nitrogen and oxygen atoms in total. The van der Waals surface area contributed by atoms with E-state index in [4.69, 9.17) is 11.6 Å². The van der Waals surface area contributed by atoms with Gasteiger partial charge in [-0.3, -0.25) is 4.79 Å². The first kappa shape index (κ1) is 15.1. The van der Waals surface area contributed by atoms with Crippen LogP contribution in [0, 0.1) is 5.82 Å². The molecule has 0 saturated heterocycles. The molecular weight excluding hydrogens is 321 g/mol. The third kappa shape index (κ3) is 3.49. The molecule has 0 saturated carbocycles. The molecule has 3 aromatic rings. The Hall–Kier alpha value is -2.86. The average molecular weight is 332 g/mol. The molecule has 0 bridgehead atoms. The van der Waals surface area contributed by atoms with Crippen LogP contribution in [-0.2, 0) is 4.79 Å². The largest absolute Gasteiger partial charge is 0.323 e. The predicted octanol–water partition coefficient (Wildman–Crippen LogP) is 3.30. The Morgan fingerprint density at radius 1 is 1.13 bits per heavy atom. The molecule has 1 amide bonds. The van der Waals surface area contributed by atoms with Crippen LogP contribution in [0.5, 0.6) is 0 Å². The lowest BCUT2D eigenvalue weighted by Crippen LogP contribution is -2.07. The maximum Gasteiger partial charge on any atom is 0.323 e. The Bertz CT molecular complexity index is 975. The summed E-state index contributed by atoms with van der Waals surface area (Å²) >= 11 is 5.67. The number of carbonyl (C=O) groups excluding carboxylic acids is 1. The van der Waals surface area contributed by atoms with E-state index in [1.165, 1.54) is 30.4 Å². The van der Waals surface area contributed by atoms with Crippen LogP contribution >= 0.6 is 11.6 Å². The summed E-state index contributed by atoms with van der Waals surface area (Å²) in [5.41, 5.74) is 2.10.